The van der Waals surface area contributed by atoms with Gasteiger partial charge in [-0.25, -0.2) is 0 Å². The van der Waals surface area contributed by atoms with Crippen LogP contribution in [0.3, 0.4) is 0 Å². The SMILES string of the molecule is COc1cc(C#N)ccc1NCc1cnn(C(C)(C)C)c1. The highest BCUT2D eigenvalue weighted by Crippen LogP contribution is 2.26. The molecule has 0 unspecified atom stereocenters. The van der Waals surface area contributed by atoms with Crippen LogP contribution in [0.5, 0.6) is 5.75 Å². The van der Waals surface area contributed by atoms with Crippen molar-refractivity contribution in [2.75, 3.05) is 12.4 Å². The van der Waals surface area contributed by atoms with E-state index in [1.54, 1.807) is 19.2 Å². The van der Waals surface area contributed by atoms with E-state index in [0.29, 0.717) is 17.9 Å². The van der Waals surface area contributed by atoms with Crippen molar-refractivity contribution < 1.29 is 4.74 Å². The van der Waals surface area contributed by atoms with Gasteiger partial charge in [0.25, 0.3) is 0 Å². The maximum Gasteiger partial charge on any atom is 0.143 e. The summed E-state index contributed by atoms with van der Waals surface area (Å²) in [4.78, 5) is 0. The molecule has 2 aromatic rings. The quantitative estimate of drug-likeness (QED) is 0.937. The van der Waals surface area contributed by atoms with Crippen LogP contribution in [0.4, 0.5) is 5.69 Å². The predicted molar refractivity (Wildman–Crippen MR) is 82.3 cm³/mol. The van der Waals surface area contributed by atoms with Gasteiger partial charge in [0, 0.05) is 24.4 Å². The Balaban J connectivity index is 2.10. The monoisotopic (exact) mass is 284 g/mol. The summed E-state index contributed by atoms with van der Waals surface area (Å²) in [6, 6.07) is 7.44. The molecule has 110 valence electrons. The first-order chi connectivity index (χ1) is 9.94. The number of nitrogens with one attached hydrogen (secondary N) is 1. The molecular formula is C16H20N4O. The summed E-state index contributed by atoms with van der Waals surface area (Å²) in [6.07, 6.45) is 3.89. The molecule has 0 fully saturated rings. The molecule has 0 aliphatic rings. The van der Waals surface area contributed by atoms with Gasteiger partial charge in [0.1, 0.15) is 5.75 Å². The lowest BCUT2D eigenvalue weighted by Gasteiger charge is -2.18. The average molecular weight is 284 g/mol. The first kappa shape index (κ1) is 14.9. The number of benzene rings is 1. The number of rotatable bonds is 4. The number of anilines is 1. The lowest BCUT2D eigenvalue weighted by molar-refractivity contribution is 0.355. The highest BCUT2D eigenvalue weighted by Gasteiger charge is 2.14. The van der Waals surface area contributed by atoms with Crippen molar-refractivity contribution in [2.45, 2.75) is 32.9 Å². The molecular weight excluding hydrogens is 264 g/mol. The Morgan fingerprint density at radius 3 is 2.71 bits per heavy atom. The van der Waals surface area contributed by atoms with Gasteiger partial charge >= 0.3 is 0 Å². The molecule has 2 rings (SSSR count). The normalized spacial score (nSPS) is 11.0. The molecule has 1 N–H and O–H groups in total. The zero-order valence-corrected chi connectivity index (χ0v) is 12.8. The van der Waals surface area contributed by atoms with E-state index < -0.39 is 0 Å². The molecule has 0 spiro atoms. The van der Waals surface area contributed by atoms with Crippen LogP contribution < -0.4 is 10.1 Å². The molecule has 0 amide bonds. The zero-order chi connectivity index (χ0) is 15.5. The highest BCUT2D eigenvalue weighted by atomic mass is 16.5. The van der Waals surface area contributed by atoms with Gasteiger partial charge in [-0.3, -0.25) is 4.68 Å². The number of hydrogen-bond donors (Lipinski definition) is 1. The van der Waals surface area contributed by atoms with Gasteiger partial charge in [-0.05, 0) is 32.9 Å². The third kappa shape index (κ3) is 3.54. The van der Waals surface area contributed by atoms with Crippen molar-refractivity contribution in [2.24, 2.45) is 0 Å². The van der Waals surface area contributed by atoms with Crippen molar-refractivity contribution >= 4 is 5.69 Å². The second-order valence-electron chi connectivity index (χ2n) is 5.84. The summed E-state index contributed by atoms with van der Waals surface area (Å²) >= 11 is 0. The fraction of sp³-hybridized carbons (Fsp3) is 0.375. The molecule has 0 aliphatic heterocycles. The molecule has 0 atom stereocenters. The van der Waals surface area contributed by atoms with E-state index in [2.05, 4.69) is 37.3 Å². The van der Waals surface area contributed by atoms with Crippen LogP contribution in [0.1, 0.15) is 31.9 Å². The van der Waals surface area contributed by atoms with Crippen LogP contribution in [0.2, 0.25) is 0 Å². The number of nitriles is 1. The molecule has 21 heavy (non-hydrogen) atoms. The maximum absolute atomic E-state index is 8.90. The molecule has 0 aliphatic carbocycles. The Bertz CT molecular complexity index is 662. The predicted octanol–water partition coefficient (Wildman–Crippen LogP) is 3.13. The summed E-state index contributed by atoms with van der Waals surface area (Å²) in [6.45, 7) is 6.99. The number of methoxy groups -OCH3 is 1. The smallest absolute Gasteiger partial charge is 0.143 e. The molecule has 5 heteroatoms. The van der Waals surface area contributed by atoms with Crippen LogP contribution >= 0.6 is 0 Å². The summed E-state index contributed by atoms with van der Waals surface area (Å²) < 4.78 is 7.25. The number of aromatic nitrogens is 2. The molecule has 1 aromatic carbocycles. The molecule has 1 aromatic heterocycles. The van der Waals surface area contributed by atoms with Crippen molar-refractivity contribution in [3.8, 4) is 11.8 Å². The fourth-order valence-electron chi connectivity index (χ4n) is 1.92. The standard InChI is InChI=1S/C16H20N4O/c1-16(2,3)20-11-13(10-19-20)9-18-14-6-5-12(8-17)7-15(14)21-4/h5-7,10-11,18H,9H2,1-4H3. The van der Waals surface area contributed by atoms with Crippen LogP contribution in [0, 0.1) is 11.3 Å². The minimum atomic E-state index is -0.0234. The lowest BCUT2D eigenvalue weighted by atomic mass is 10.1. The number of nitrogens with zero attached hydrogens (tertiary/aromatic N) is 3. The van der Waals surface area contributed by atoms with Crippen molar-refractivity contribution in [3.05, 3.63) is 41.7 Å². The van der Waals surface area contributed by atoms with Crippen LogP contribution in [-0.2, 0) is 12.1 Å². The molecule has 5 nitrogen and oxygen atoms in total. The Hall–Kier alpha value is -2.48. The van der Waals surface area contributed by atoms with Crippen LogP contribution in [0.15, 0.2) is 30.6 Å². The van der Waals surface area contributed by atoms with Crippen molar-refractivity contribution in [1.29, 1.82) is 5.26 Å². The van der Waals surface area contributed by atoms with Gasteiger partial charge in [-0.1, -0.05) is 0 Å². The molecule has 0 saturated heterocycles. The third-order valence-corrected chi connectivity index (χ3v) is 3.14. The molecule has 0 radical (unpaired) electrons. The zero-order valence-electron chi connectivity index (χ0n) is 12.8. The van der Waals surface area contributed by atoms with Gasteiger partial charge in [0.2, 0.25) is 0 Å². The average Bonchev–Trinajstić information content (AvgIpc) is 2.94. The second-order valence-corrected chi connectivity index (χ2v) is 5.84. The minimum Gasteiger partial charge on any atom is -0.495 e. The van der Waals surface area contributed by atoms with Crippen molar-refractivity contribution in [1.82, 2.24) is 9.78 Å². The van der Waals surface area contributed by atoms with Crippen molar-refractivity contribution in [3.63, 3.8) is 0 Å². The summed E-state index contributed by atoms with van der Waals surface area (Å²) in [5.74, 6) is 0.664. The second kappa shape index (κ2) is 5.88. The van der Waals surface area contributed by atoms with Crippen LogP contribution in [-0.4, -0.2) is 16.9 Å². The fourth-order valence-corrected chi connectivity index (χ4v) is 1.92. The molecule has 1 heterocycles. The maximum atomic E-state index is 8.90. The summed E-state index contributed by atoms with van der Waals surface area (Å²) in [5, 5.41) is 16.6. The third-order valence-electron chi connectivity index (χ3n) is 3.14. The summed E-state index contributed by atoms with van der Waals surface area (Å²) in [7, 11) is 1.60. The Labute approximate surface area is 125 Å². The summed E-state index contributed by atoms with van der Waals surface area (Å²) in [5.41, 5.74) is 2.51. The Morgan fingerprint density at radius 2 is 2.14 bits per heavy atom. The van der Waals surface area contributed by atoms with Gasteiger partial charge in [0.15, 0.2) is 0 Å². The van der Waals surface area contributed by atoms with Gasteiger partial charge < -0.3 is 10.1 Å². The van der Waals surface area contributed by atoms with E-state index in [-0.39, 0.29) is 5.54 Å². The molecule has 0 bridgehead atoms. The van der Waals surface area contributed by atoms with Gasteiger partial charge in [-0.2, -0.15) is 10.4 Å². The Kier molecular flexibility index (Phi) is 4.18. The van der Waals surface area contributed by atoms with E-state index in [9.17, 15) is 0 Å². The van der Waals surface area contributed by atoms with Gasteiger partial charge in [0.05, 0.1) is 36.2 Å². The van der Waals surface area contributed by atoms with Crippen LogP contribution in [0.25, 0.3) is 0 Å². The minimum absolute atomic E-state index is 0.0234. The van der Waals surface area contributed by atoms with E-state index in [0.717, 1.165) is 11.3 Å². The van der Waals surface area contributed by atoms with Gasteiger partial charge in [-0.15, -0.1) is 0 Å². The molecule has 0 saturated carbocycles. The van der Waals surface area contributed by atoms with E-state index in [1.165, 1.54) is 0 Å². The highest BCUT2D eigenvalue weighted by molar-refractivity contribution is 5.59. The Morgan fingerprint density at radius 1 is 1.38 bits per heavy atom. The van der Waals surface area contributed by atoms with E-state index in [1.807, 2.05) is 23.1 Å². The largest absolute Gasteiger partial charge is 0.495 e. The van der Waals surface area contributed by atoms with E-state index >= 15 is 0 Å². The number of ether oxygens (including phenoxy) is 1. The number of hydrogen-bond acceptors (Lipinski definition) is 4. The lowest BCUT2D eigenvalue weighted by Crippen LogP contribution is -2.21. The topological polar surface area (TPSA) is 62.9 Å². The first-order valence-corrected chi connectivity index (χ1v) is 6.80. The van der Waals surface area contributed by atoms with E-state index in [4.69, 9.17) is 10.00 Å². The first-order valence-electron chi connectivity index (χ1n) is 6.80.